The molecule has 1 aliphatic carbocycles. The van der Waals surface area contributed by atoms with E-state index in [0.29, 0.717) is 19.4 Å². The second-order valence-electron chi connectivity index (χ2n) is 10.4. The Morgan fingerprint density at radius 1 is 0.950 bits per heavy atom. The third-order valence-corrected chi connectivity index (χ3v) is 7.79. The van der Waals surface area contributed by atoms with E-state index in [1.165, 1.54) is 4.90 Å². The number of carbonyl (C=O) groups excluding carboxylic acids is 2. The van der Waals surface area contributed by atoms with Crippen LogP contribution in [0.3, 0.4) is 0 Å². The number of nitrogens with one attached hydrogen (secondary N) is 1. The molecular formula is C32H34N2O6. The van der Waals surface area contributed by atoms with E-state index in [1.807, 2.05) is 66.7 Å². The zero-order valence-electron chi connectivity index (χ0n) is 22.5. The zero-order chi connectivity index (χ0) is 28.1. The van der Waals surface area contributed by atoms with Gasteiger partial charge in [-0.05, 0) is 47.6 Å². The number of ether oxygens (including phenoxy) is 2. The fourth-order valence-electron chi connectivity index (χ4n) is 5.62. The highest BCUT2D eigenvalue weighted by Gasteiger charge is 2.36. The van der Waals surface area contributed by atoms with Crippen LogP contribution in [0.5, 0.6) is 0 Å². The first kappa shape index (κ1) is 27.4. The highest BCUT2D eigenvalue weighted by molar-refractivity contribution is 5.87. The highest BCUT2D eigenvalue weighted by atomic mass is 16.5. The molecule has 8 nitrogen and oxygen atoms in total. The Morgan fingerprint density at radius 2 is 1.57 bits per heavy atom. The molecule has 0 saturated carbocycles. The van der Waals surface area contributed by atoms with Gasteiger partial charge in [0.25, 0.3) is 0 Å². The Labute approximate surface area is 233 Å². The third kappa shape index (κ3) is 6.02. The average molecular weight is 543 g/mol. The zero-order valence-corrected chi connectivity index (χ0v) is 22.5. The fraction of sp³-hybridized carbons (Fsp3) is 0.344. The van der Waals surface area contributed by atoms with Gasteiger partial charge in [-0.2, -0.15) is 0 Å². The number of carbonyl (C=O) groups is 3. The Bertz CT molecular complexity index is 1310. The number of alkyl carbamates (subject to hydrolysis) is 1. The lowest BCUT2D eigenvalue weighted by atomic mass is 9.97. The molecule has 3 atom stereocenters. The largest absolute Gasteiger partial charge is 0.481 e. The van der Waals surface area contributed by atoms with E-state index in [2.05, 4.69) is 17.4 Å². The van der Waals surface area contributed by atoms with Gasteiger partial charge in [-0.25, -0.2) is 4.79 Å². The average Bonchev–Trinajstić information content (AvgIpc) is 3.31. The molecule has 208 valence electrons. The summed E-state index contributed by atoms with van der Waals surface area (Å²) in [5, 5.41) is 12.2. The van der Waals surface area contributed by atoms with E-state index in [0.717, 1.165) is 27.8 Å². The number of fused-ring (bicyclic) bond motifs is 3. The van der Waals surface area contributed by atoms with E-state index >= 15 is 0 Å². The topological polar surface area (TPSA) is 105 Å². The first-order valence-electron chi connectivity index (χ1n) is 13.7. The van der Waals surface area contributed by atoms with E-state index in [1.54, 1.807) is 6.92 Å². The van der Waals surface area contributed by atoms with E-state index in [-0.39, 0.29) is 31.6 Å². The Hall–Kier alpha value is -4.17. The number of carboxylic acid groups (broad SMARTS) is 1. The highest BCUT2D eigenvalue weighted by Crippen LogP contribution is 2.44. The van der Waals surface area contributed by atoms with Gasteiger partial charge in [-0.15, -0.1) is 0 Å². The number of nitrogens with zero attached hydrogens (tertiary/aromatic N) is 1. The molecule has 2 N–H and O–H groups in total. The van der Waals surface area contributed by atoms with Gasteiger partial charge >= 0.3 is 12.1 Å². The van der Waals surface area contributed by atoms with Gasteiger partial charge in [0.1, 0.15) is 12.6 Å². The van der Waals surface area contributed by atoms with Gasteiger partial charge in [0, 0.05) is 19.0 Å². The number of carboxylic acids is 1. The van der Waals surface area contributed by atoms with Crippen LogP contribution in [-0.4, -0.2) is 59.8 Å². The second-order valence-corrected chi connectivity index (χ2v) is 10.4. The molecule has 0 bridgehead atoms. The number of hydrogen-bond acceptors (Lipinski definition) is 5. The summed E-state index contributed by atoms with van der Waals surface area (Å²) >= 11 is 0. The van der Waals surface area contributed by atoms with Crippen molar-refractivity contribution in [2.24, 2.45) is 5.92 Å². The maximum Gasteiger partial charge on any atom is 0.407 e. The lowest BCUT2D eigenvalue weighted by Gasteiger charge is -2.35. The van der Waals surface area contributed by atoms with Crippen molar-refractivity contribution in [1.82, 2.24) is 10.2 Å². The Kier molecular flexibility index (Phi) is 8.45. The van der Waals surface area contributed by atoms with Gasteiger partial charge in [0.05, 0.1) is 18.6 Å². The molecule has 5 rings (SSSR count). The summed E-state index contributed by atoms with van der Waals surface area (Å²) < 4.78 is 11.7. The number of rotatable bonds is 9. The minimum absolute atomic E-state index is 0.0996. The summed E-state index contributed by atoms with van der Waals surface area (Å²) in [6.45, 7) is 2.63. The summed E-state index contributed by atoms with van der Waals surface area (Å²) in [5.41, 5.74) is 5.38. The van der Waals surface area contributed by atoms with Crippen LogP contribution in [0.1, 0.15) is 42.4 Å². The normalized spacial score (nSPS) is 17.8. The van der Waals surface area contributed by atoms with Crippen molar-refractivity contribution in [2.75, 3.05) is 19.7 Å². The van der Waals surface area contributed by atoms with Crippen LogP contribution in [0.4, 0.5) is 4.79 Å². The van der Waals surface area contributed by atoms with Crippen LogP contribution >= 0.6 is 0 Å². The number of aliphatic carboxylic acids is 1. The molecule has 2 amide bonds. The van der Waals surface area contributed by atoms with Gasteiger partial charge in [-0.1, -0.05) is 78.9 Å². The lowest BCUT2D eigenvalue weighted by molar-refractivity contribution is -0.147. The fourth-order valence-corrected chi connectivity index (χ4v) is 5.62. The molecule has 0 aromatic heterocycles. The van der Waals surface area contributed by atoms with Crippen LogP contribution in [0.15, 0.2) is 78.9 Å². The maximum absolute atomic E-state index is 13.6. The van der Waals surface area contributed by atoms with Gasteiger partial charge in [-0.3, -0.25) is 9.59 Å². The molecule has 1 fully saturated rings. The first-order chi connectivity index (χ1) is 19.4. The molecule has 1 aliphatic heterocycles. The molecule has 2 aliphatic rings. The van der Waals surface area contributed by atoms with Gasteiger partial charge in [0.2, 0.25) is 5.91 Å². The van der Waals surface area contributed by atoms with Gasteiger partial charge < -0.3 is 24.8 Å². The Morgan fingerprint density at radius 3 is 2.23 bits per heavy atom. The van der Waals surface area contributed by atoms with Crippen LogP contribution in [0.25, 0.3) is 11.1 Å². The number of benzene rings is 3. The van der Waals surface area contributed by atoms with Crippen molar-refractivity contribution in [1.29, 1.82) is 0 Å². The van der Waals surface area contributed by atoms with Crippen molar-refractivity contribution in [3.8, 4) is 11.1 Å². The van der Waals surface area contributed by atoms with Crippen molar-refractivity contribution in [3.05, 3.63) is 95.6 Å². The molecule has 1 saturated heterocycles. The number of amides is 2. The summed E-state index contributed by atoms with van der Waals surface area (Å²) in [6, 6.07) is 24.7. The summed E-state index contributed by atoms with van der Waals surface area (Å²) in [4.78, 5) is 39.9. The molecule has 0 radical (unpaired) electrons. The number of hydrogen-bond donors (Lipinski definition) is 2. The van der Waals surface area contributed by atoms with Crippen molar-refractivity contribution < 1.29 is 29.0 Å². The third-order valence-electron chi connectivity index (χ3n) is 7.79. The standard InChI is InChI=1S/C32H34N2O6/c1-21(39-19-22-10-3-2-4-11-22)29(30(35)34-17-9-12-23(18-34)31(36)37)33-32(38)40-20-28-26-15-7-5-13-24(26)25-14-6-8-16-27(25)28/h2-8,10-11,13-16,21,23,28-29H,9,12,17-20H2,1H3,(H,33,38)(H,36,37)/t21-,23+,29+/m0/s1. The van der Waals surface area contributed by atoms with Crippen LogP contribution < -0.4 is 5.32 Å². The quantitative estimate of drug-likeness (QED) is 0.402. The molecule has 40 heavy (non-hydrogen) atoms. The number of likely N-dealkylation sites (tertiary alicyclic amines) is 1. The summed E-state index contributed by atoms with van der Waals surface area (Å²) in [6.07, 6.45) is -0.302. The Balaban J connectivity index is 1.28. The van der Waals surface area contributed by atoms with E-state index < -0.39 is 30.1 Å². The maximum atomic E-state index is 13.6. The minimum Gasteiger partial charge on any atom is -0.481 e. The molecule has 3 aromatic carbocycles. The molecule has 3 aromatic rings. The molecule has 8 heteroatoms. The smallest absolute Gasteiger partial charge is 0.407 e. The SMILES string of the molecule is C[C@H](OCc1ccccc1)[C@@H](NC(=O)OCC1c2ccccc2-c2ccccc21)C(=O)N1CCC[C@@H](C(=O)O)C1. The minimum atomic E-state index is -1.04. The lowest BCUT2D eigenvalue weighted by Crippen LogP contribution is -2.56. The molecule has 0 unspecified atom stereocenters. The predicted octanol–water partition coefficient (Wildman–Crippen LogP) is 4.82. The monoisotopic (exact) mass is 542 g/mol. The second kappa shape index (κ2) is 12.3. The van der Waals surface area contributed by atoms with Crippen LogP contribution in [-0.2, 0) is 25.7 Å². The van der Waals surface area contributed by atoms with E-state index in [4.69, 9.17) is 9.47 Å². The molecule has 0 spiro atoms. The van der Waals surface area contributed by atoms with Gasteiger partial charge in [0.15, 0.2) is 0 Å². The summed E-state index contributed by atoms with van der Waals surface area (Å²) in [7, 11) is 0. The van der Waals surface area contributed by atoms with Crippen LogP contribution in [0.2, 0.25) is 0 Å². The molecular weight excluding hydrogens is 508 g/mol. The molecule has 1 heterocycles. The van der Waals surface area contributed by atoms with Crippen LogP contribution in [0, 0.1) is 5.92 Å². The number of piperidine rings is 1. The predicted molar refractivity (Wildman–Crippen MR) is 150 cm³/mol. The van der Waals surface area contributed by atoms with Crippen molar-refractivity contribution >= 4 is 18.0 Å². The van der Waals surface area contributed by atoms with Crippen molar-refractivity contribution in [2.45, 2.75) is 44.4 Å². The van der Waals surface area contributed by atoms with Crippen molar-refractivity contribution in [3.63, 3.8) is 0 Å². The summed E-state index contributed by atoms with van der Waals surface area (Å²) in [5.74, 6) is -2.04. The van der Waals surface area contributed by atoms with E-state index in [9.17, 15) is 19.5 Å². The first-order valence-corrected chi connectivity index (χ1v) is 13.7.